The van der Waals surface area contributed by atoms with Crippen molar-refractivity contribution < 1.29 is 53.7 Å². The Labute approximate surface area is 333 Å². The maximum absolute atomic E-state index is 13.2. The predicted molar refractivity (Wildman–Crippen MR) is 202 cm³/mol. The number of H-pyrrole nitrogens is 1. The number of carbonyl (C=O) groups is 5. The van der Waals surface area contributed by atoms with Gasteiger partial charge < -0.3 is 39.4 Å². The van der Waals surface area contributed by atoms with E-state index in [1.807, 2.05) is 48.5 Å². The first-order chi connectivity index (χ1) is 26.9. The number of halogens is 2. The minimum absolute atomic E-state index is 0.0210. The van der Waals surface area contributed by atoms with E-state index in [9.17, 15) is 29.4 Å². The molecule has 2 fully saturated rings. The molecule has 6 rings (SSSR count). The average Bonchev–Trinajstić information content (AvgIpc) is 3.85. The summed E-state index contributed by atoms with van der Waals surface area (Å²) in [4.78, 5) is 67.5. The number of hydrogen-bond acceptors (Lipinski definition) is 9. The quantitative estimate of drug-likeness (QED) is 0.197. The van der Waals surface area contributed by atoms with Crippen molar-refractivity contribution in [3.05, 3.63) is 117 Å². The van der Waals surface area contributed by atoms with E-state index in [1.54, 1.807) is 30.3 Å². The van der Waals surface area contributed by atoms with Crippen LogP contribution in [-0.4, -0.2) is 81.5 Å². The second kappa shape index (κ2) is 20.8. The normalized spacial score (nSPS) is 18.4. The van der Waals surface area contributed by atoms with Crippen molar-refractivity contribution >= 4 is 53.4 Å². The number of carboxylic acid groups (broad SMARTS) is 3. The monoisotopic (exact) mass is 808 g/mol. The highest BCUT2D eigenvalue weighted by molar-refractivity contribution is 6.31. The number of aliphatic carboxylic acids is 2. The molecule has 1 aromatic heterocycles. The molecule has 4 atom stereocenters. The number of nitrogens with one attached hydrogen (secondary N) is 1. The lowest BCUT2D eigenvalue weighted by molar-refractivity contribution is -0.411. The smallest absolute Gasteiger partial charge is 0.499 e. The van der Waals surface area contributed by atoms with Crippen LogP contribution in [0.15, 0.2) is 84.9 Å². The number of rotatable bonds is 11. The summed E-state index contributed by atoms with van der Waals surface area (Å²) in [5.41, 5.74) is 2.74. The summed E-state index contributed by atoms with van der Waals surface area (Å²) >= 11 is 12.6. The number of carboxylic acids is 2. The Balaban J connectivity index is 0.000000233. The van der Waals surface area contributed by atoms with E-state index in [4.69, 9.17) is 42.6 Å². The van der Waals surface area contributed by atoms with Crippen LogP contribution in [0.25, 0.3) is 0 Å². The first-order valence-electron chi connectivity index (χ1n) is 17.7. The van der Waals surface area contributed by atoms with Crippen molar-refractivity contribution in [2.45, 2.75) is 69.1 Å². The number of ether oxygens (including phenoxy) is 2. The lowest BCUT2D eigenvalue weighted by Gasteiger charge is -2.29. The largest absolute Gasteiger partial charge is 0.554 e. The molecule has 2 amide bonds. The average molecular weight is 810 g/mol. The summed E-state index contributed by atoms with van der Waals surface area (Å²) in [6.07, 6.45) is 3.71. The minimum atomic E-state index is -1.07. The summed E-state index contributed by atoms with van der Waals surface area (Å²) in [6.45, 7) is -0.500. The molecule has 4 aromatic rings. The molecule has 0 spiro atoms. The molecular formula is C40H42Cl2N4O10. The van der Waals surface area contributed by atoms with E-state index in [2.05, 4.69) is 9.97 Å². The highest BCUT2D eigenvalue weighted by Gasteiger charge is 2.45. The molecule has 2 aliphatic rings. The van der Waals surface area contributed by atoms with Crippen LogP contribution in [-0.2, 0) is 25.6 Å². The Hall–Kier alpha value is -5.73. The molecule has 2 aliphatic heterocycles. The molecule has 14 nitrogen and oxygen atoms in total. The van der Waals surface area contributed by atoms with Gasteiger partial charge in [-0.2, -0.15) is 4.98 Å². The third-order valence-electron chi connectivity index (χ3n) is 9.44. The molecule has 56 heavy (non-hydrogen) atoms. The highest BCUT2D eigenvalue weighted by atomic mass is 35.5. The van der Waals surface area contributed by atoms with Crippen LogP contribution in [0.4, 0.5) is 0 Å². The number of benzene rings is 3. The molecule has 0 radical (unpaired) electrons. The van der Waals surface area contributed by atoms with Crippen LogP contribution in [0.3, 0.4) is 0 Å². The maximum Gasteiger partial charge on any atom is 0.499 e. The van der Waals surface area contributed by atoms with Crippen molar-refractivity contribution in [1.29, 1.82) is 0 Å². The van der Waals surface area contributed by atoms with Gasteiger partial charge in [-0.1, -0.05) is 89.9 Å². The van der Waals surface area contributed by atoms with E-state index in [1.165, 1.54) is 35.6 Å². The fourth-order valence-electron chi connectivity index (χ4n) is 6.94. The van der Waals surface area contributed by atoms with Crippen LogP contribution in [0.2, 0.25) is 10.0 Å². The van der Waals surface area contributed by atoms with E-state index in [0.29, 0.717) is 54.1 Å². The summed E-state index contributed by atoms with van der Waals surface area (Å²) < 4.78 is 10.2. The molecular weight excluding hydrogens is 767 g/mol. The zero-order chi connectivity index (χ0) is 40.8. The number of methoxy groups -OCH3 is 2. The van der Waals surface area contributed by atoms with Gasteiger partial charge in [-0.15, -0.1) is 0 Å². The summed E-state index contributed by atoms with van der Waals surface area (Å²) in [6, 6.07) is 23.5. The van der Waals surface area contributed by atoms with Gasteiger partial charge >= 0.3 is 17.9 Å². The Bertz CT molecular complexity index is 1960. The topological polar surface area (TPSA) is 201 Å². The van der Waals surface area contributed by atoms with Gasteiger partial charge in [-0.05, 0) is 67.3 Å². The highest BCUT2D eigenvalue weighted by Crippen LogP contribution is 2.41. The van der Waals surface area contributed by atoms with E-state index < -0.39 is 42.4 Å². The Morgan fingerprint density at radius 3 is 1.80 bits per heavy atom. The first-order valence-corrected chi connectivity index (χ1v) is 18.4. The molecule has 3 N–H and O–H groups in total. The number of nitrogens with zero attached hydrogens (tertiary/aromatic N) is 3. The number of aryl methyl sites for hydroxylation is 1. The standard InChI is InChI=1S/C21H22ClNO3.C18H18ClN3O5.CH2O2/c22-17-11-5-4-10-16(17)18-13-14-19(21(25)26)23(18)20(24)12-6-9-15-7-2-1-3-8-15;1-26-15-9-12(20-18(21-15)27-2)16(23)22-13(7-8-14(22)17(24)25)10-5-3-4-6-11(10)19;2-1-3/h1-5,7-8,10-11,18-19H,6,9,12-14H2,(H,25,26);3-6,9,13-14H,7-8H2,1-2H3,(H,24,25);1H,(H,2,3)/t18-,19+;13-,14+;/m11./s1. The fraction of sp³-hybridized carbons (Fsp3) is 0.325. The van der Waals surface area contributed by atoms with Crippen molar-refractivity contribution in [2.75, 3.05) is 14.2 Å². The number of aromatic nitrogens is 2. The van der Waals surface area contributed by atoms with Crippen molar-refractivity contribution in [2.24, 2.45) is 0 Å². The third kappa shape index (κ3) is 10.7. The van der Waals surface area contributed by atoms with Gasteiger partial charge in [0.25, 0.3) is 17.5 Å². The maximum atomic E-state index is 13.2. The Kier molecular flexibility index (Phi) is 16.0. The Morgan fingerprint density at radius 2 is 1.30 bits per heavy atom. The molecule has 0 aliphatic carbocycles. The molecule has 16 heteroatoms. The predicted octanol–water partition coefficient (Wildman–Crippen LogP) is 4.84. The number of amides is 2. The van der Waals surface area contributed by atoms with Gasteiger partial charge in [0.05, 0.1) is 32.4 Å². The first kappa shape index (κ1) is 43.0. The lowest BCUT2D eigenvalue weighted by atomic mass is 10.0. The van der Waals surface area contributed by atoms with Gasteiger partial charge in [0.1, 0.15) is 12.1 Å². The Morgan fingerprint density at radius 1 is 0.804 bits per heavy atom. The second-order valence-corrected chi connectivity index (χ2v) is 13.5. The van der Waals surface area contributed by atoms with Crippen LogP contribution >= 0.6 is 23.2 Å². The number of likely N-dealkylation sites (tertiary alicyclic amines) is 2. The van der Waals surface area contributed by atoms with E-state index in [-0.39, 0.29) is 29.5 Å². The van der Waals surface area contributed by atoms with E-state index >= 15 is 0 Å². The second-order valence-electron chi connectivity index (χ2n) is 12.7. The summed E-state index contributed by atoms with van der Waals surface area (Å²) in [7, 11) is 2.83. The molecule has 0 saturated carbocycles. The van der Waals surface area contributed by atoms with Crippen molar-refractivity contribution in [1.82, 2.24) is 14.8 Å². The minimum Gasteiger partial charge on any atom is -0.554 e. The molecule has 2 saturated heterocycles. The summed E-state index contributed by atoms with van der Waals surface area (Å²) in [5.74, 6) is -2.40. The van der Waals surface area contributed by atoms with Gasteiger partial charge in [0.15, 0.2) is 0 Å². The zero-order valence-corrected chi connectivity index (χ0v) is 32.2. The third-order valence-corrected chi connectivity index (χ3v) is 10.1. The zero-order valence-electron chi connectivity index (χ0n) is 30.7. The molecule has 296 valence electrons. The molecule has 0 unspecified atom stereocenters. The van der Waals surface area contributed by atoms with Gasteiger partial charge in [-0.3, -0.25) is 9.59 Å². The van der Waals surface area contributed by atoms with Gasteiger partial charge in [0.2, 0.25) is 5.91 Å². The van der Waals surface area contributed by atoms with Crippen LogP contribution in [0.5, 0.6) is 11.9 Å². The molecule has 0 bridgehead atoms. The number of carbonyl (C=O) groups excluding carboxylic acids is 3. The SMILES string of the molecule is COc1cc(C(=O)N2[C@@H](c3ccccc3Cl)CC[C@H]2C(=O)O)nc(OC)[nH+]1.O=C(O)[C@@H]1CC[C@H](c2ccccc2Cl)N1C(=O)CCCc1ccccc1.O=C[O-]. The number of aromatic amines is 1. The summed E-state index contributed by atoms with van der Waals surface area (Å²) in [5, 5.41) is 28.5. The van der Waals surface area contributed by atoms with Crippen LogP contribution < -0.4 is 19.6 Å². The van der Waals surface area contributed by atoms with Gasteiger partial charge in [0, 0.05) is 27.9 Å². The van der Waals surface area contributed by atoms with Gasteiger partial charge in [-0.25, -0.2) is 9.59 Å². The van der Waals surface area contributed by atoms with Crippen molar-refractivity contribution in [3.63, 3.8) is 0 Å². The molecule has 3 heterocycles. The number of hydrogen-bond donors (Lipinski definition) is 2. The molecule has 3 aromatic carbocycles. The van der Waals surface area contributed by atoms with Crippen LogP contribution in [0.1, 0.15) is 77.8 Å². The lowest BCUT2D eigenvalue weighted by Crippen LogP contribution is -2.42. The van der Waals surface area contributed by atoms with Crippen molar-refractivity contribution in [3.8, 4) is 11.9 Å². The fourth-order valence-corrected chi connectivity index (χ4v) is 7.46. The van der Waals surface area contributed by atoms with E-state index in [0.717, 1.165) is 12.0 Å². The van der Waals surface area contributed by atoms with Crippen LogP contribution in [0, 0.1) is 0 Å².